The van der Waals surface area contributed by atoms with Crippen LogP contribution in [-0.4, -0.2) is 0 Å². The van der Waals surface area contributed by atoms with E-state index in [4.69, 9.17) is 9.15 Å². The highest BCUT2D eigenvalue weighted by atomic mass is 16.5. The van der Waals surface area contributed by atoms with Crippen LogP contribution in [-0.2, 0) is 6.42 Å². The van der Waals surface area contributed by atoms with Crippen LogP contribution in [0.1, 0.15) is 73.9 Å². The van der Waals surface area contributed by atoms with Gasteiger partial charge in [-0.15, -0.1) is 0 Å². The summed E-state index contributed by atoms with van der Waals surface area (Å²) in [6.45, 7) is 0. The Bertz CT molecular complexity index is 1250. The maximum atomic E-state index is 13.0. The van der Waals surface area contributed by atoms with Gasteiger partial charge in [-0.25, -0.2) is 0 Å². The largest absolute Gasteiger partial charge is 0.486 e. The summed E-state index contributed by atoms with van der Waals surface area (Å²) in [5.41, 5.74) is 3.16. The fraction of sp³-hybridized carbons (Fsp3) is 0.323. The van der Waals surface area contributed by atoms with E-state index in [1.165, 1.54) is 24.8 Å². The summed E-state index contributed by atoms with van der Waals surface area (Å²) in [6, 6.07) is 28.3. The number of rotatable bonds is 8. The Morgan fingerprint density at radius 1 is 0.853 bits per heavy atom. The monoisotopic (exact) mass is 452 g/mol. The zero-order valence-electron chi connectivity index (χ0n) is 19.6. The van der Waals surface area contributed by atoms with Gasteiger partial charge in [-0.2, -0.15) is 0 Å². The summed E-state index contributed by atoms with van der Waals surface area (Å²) in [5.74, 6) is 1.92. The molecule has 1 unspecified atom stereocenters. The van der Waals surface area contributed by atoms with Gasteiger partial charge in [0, 0.05) is 12.0 Å². The van der Waals surface area contributed by atoms with E-state index in [0.717, 1.165) is 43.4 Å². The van der Waals surface area contributed by atoms with Crippen LogP contribution in [0.2, 0.25) is 0 Å². The Morgan fingerprint density at radius 3 is 2.35 bits per heavy atom. The molecule has 34 heavy (non-hydrogen) atoms. The minimum absolute atomic E-state index is 0.0209. The number of hydrogen-bond acceptors (Lipinski definition) is 3. The topological polar surface area (TPSA) is 39.4 Å². The van der Waals surface area contributed by atoms with E-state index >= 15 is 0 Å². The van der Waals surface area contributed by atoms with Gasteiger partial charge in [-0.05, 0) is 61.4 Å². The van der Waals surface area contributed by atoms with Crippen molar-refractivity contribution in [3.05, 3.63) is 112 Å². The molecule has 0 bridgehead atoms. The third kappa shape index (κ3) is 5.41. The zero-order chi connectivity index (χ0) is 23.2. The highest BCUT2D eigenvalue weighted by molar-refractivity contribution is 5.78. The number of ether oxygens (including phenoxy) is 1. The third-order valence-electron chi connectivity index (χ3n) is 6.95. The average molecular weight is 453 g/mol. The first kappa shape index (κ1) is 22.5. The molecule has 0 amide bonds. The van der Waals surface area contributed by atoms with E-state index in [1.54, 1.807) is 6.07 Å². The van der Waals surface area contributed by atoms with Gasteiger partial charge >= 0.3 is 0 Å². The second-order valence-corrected chi connectivity index (χ2v) is 9.40. The fourth-order valence-corrected chi connectivity index (χ4v) is 5.08. The van der Waals surface area contributed by atoms with Crippen LogP contribution in [0.3, 0.4) is 0 Å². The summed E-state index contributed by atoms with van der Waals surface area (Å²) in [7, 11) is 0. The summed E-state index contributed by atoms with van der Waals surface area (Å²) in [4.78, 5) is 13.0. The minimum atomic E-state index is -0.0732. The number of fused-ring (bicyclic) bond motifs is 1. The first-order valence-electron chi connectivity index (χ1n) is 12.6. The van der Waals surface area contributed by atoms with Gasteiger partial charge in [0.2, 0.25) is 0 Å². The van der Waals surface area contributed by atoms with E-state index in [1.807, 2.05) is 42.5 Å². The molecule has 174 valence electrons. The van der Waals surface area contributed by atoms with Crippen molar-refractivity contribution < 1.29 is 9.15 Å². The molecular weight excluding hydrogens is 420 g/mol. The molecule has 3 nitrogen and oxygen atoms in total. The van der Waals surface area contributed by atoms with E-state index in [0.29, 0.717) is 22.6 Å². The molecule has 1 heterocycles. The quantitative estimate of drug-likeness (QED) is 0.272. The molecule has 1 aromatic heterocycles. The lowest BCUT2D eigenvalue weighted by Gasteiger charge is -2.21. The molecule has 1 atom stereocenters. The van der Waals surface area contributed by atoms with Crippen LogP contribution in [0.5, 0.6) is 5.75 Å². The van der Waals surface area contributed by atoms with Crippen molar-refractivity contribution in [3.8, 4) is 5.75 Å². The van der Waals surface area contributed by atoms with Gasteiger partial charge in [0.15, 0.2) is 5.43 Å². The van der Waals surface area contributed by atoms with Gasteiger partial charge < -0.3 is 9.15 Å². The molecule has 0 N–H and O–H groups in total. The summed E-state index contributed by atoms with van der Waals surface area (Å²) in [6.07, 6.45) is 8.78. The second kappa shape index (κ2) is 10.7. The molecule has 5 rings (SSSR count). The van der Waals surface area contributed by atoms with Crippen LogP contribution in [0.4, 0.5) is 0 Å². The molecule has 1 aliphatic carbocycles. The molecule has 0 aliphatic heterocycles. The SMILES string of the molecule is O=c1cc(C2CCCCC2)oc2ccc(OC(CCCc3ccccc3)c3ccccc3)cc12. The summed E-state index contributed by atoms with van der Waals surface area (Å²) < 4.78 is 12.7. The van der Waals surface area contributed by atoms with E-state index in [-0.39, 0.29) is 11.5 Å². The normalized spacial score (nSPS) is 15.3. The highest BCUT2D eigenvalue weighted by Crippen LogP contribution is 2.34. The Hall–Kier alpha value is -3.33. The molecule has 3 aromatic carbocycles. The van der Waals surface area contributed by atoms with Crippen LogP contribution in [0.15, 0.2) is 94.1 Å². The first-order valence-corrected chi connectivity index (χ1v) is 12.6. The highest BCUT2D eigenvalue weighted by Gasteiger charge is 2.20. The van der Waals surface area contributed by atoms with Crippen molar-refractivity contribution in [1.29, 1.82) is 0 Å². The molecule has 1 saturated carbocycles. The third-order valence-corrected chi connectivity index (χ3v) is 6.95. The Kier molecular flexibility index (Phi) is 7.09. The van der Waals surface area contributed by atoms with Crippen molar-refractivity contribution in [2.24, 2.45) is 0 Å². The van der Waals surface area contributed by atoms with Crippen molar-refractivity contribution in [3.63, 3.8) is 0 Å². The number of aryl methyl sites for hydroxylation is 1. The van der Waals surface area contributed by atoms with Crippen LogP contribution in [0.25, 0.3) is 11.0 Å². The van der Waals surface area contributed by atoms with Crippen LogP contribution in [0, 0.1) is 0 Å². The predicted octanol–water partition coefficient (Wildman–Crippen LogP) is 7.98. The van der Waals surface area contributed by atoms with Crippen molar-refractivity contribution in [2.75, 3.05) is 0 Å². The van der Waals surface area contributed by atoms with Gasteiger partial charge in [-0.3, -0.25) is 4.79 Å². The summed E-state index contributed by atoms with van der Waals surface area (Å²) in [5, 5.41) is 0.591. The van der Waals surface area contributed by atoms with Crippen molar-refractivity contribution >= 4 is 11.0 Å². The van der Waals surface area contributed by atoms with Gasteiger partial charge in [0.25, 0.3) is 0 Å². The molecule has 1 fully saturated rings. The Labute approximate surface area is 201 Å². The van der Waals surface area contributed by atoms with Crippen molar-refractivity contribution in [2.45, 2.75) is 63.4 Å². The Balaban J connectivity index is 1.35. The lowest BCUT2D eigenvalue weighted by Crippen LogP contribution is -2.10. The van der Waals surface area contributed by atoms with Gasteiger partial charge in [0.05, 0.1) is 5.39 Å². The molecule has 3 heteroatoms. The molecule has 0 saturated heterocycles. The lowest BCUT2D eigenvalue weighted by molar-refractivity contribution is 0.192. The maximum Gasteiger partial charge on any atom is 0.193 e. The zero-order valence-corrected chi connectivity index (χ0v) is 19.6. The molecule has 0 spiro atoms. The van der Waals surface area contributed by atoms with Crippen LogP contribution >= 0.6 is 0 Å². The maximum absolute atomic E-state index is 13.0. The smallest absolute Gasteiger partial charge is 0.193 e. The first-order chi connectivity index (χ1) is 16.8. The molecule has 1 aliphatic rings. The van der Waals surface area contributed by atoms with E-state index in [2.05, 4.69) is 36.4 Å². The predicted molar refractivity (Wildman–Crippen MR) is 138 cm³/mol. The molecular formula is C31H32O3. The van der Waals surface area contributed by atoms with E-state index in [9.17, 15) is 4.79 Å². The van der Waals surface area contributed by atoms with E-state index < -0.39 is 0 Å². The Morgan fingerprint density at radius 2 is 1.59 bits per heavy atom. The lowest BCUT2D eigenvalue weighted by atomic mass is 9.87. The molecule has 4 aromatic rings. The standard InChI is InChI=1S/C31H32O3/c32-28-22-31(25-16-8-3-9-17-25)34-30-20-19-26(21-27(28)30)33-29(24-14-6-2-7-15-24)18-10-13-23-11-4-1-5-12-23/h1-2,4-7,11-12,14-15,19-22,25,29H,3,8-10,13,16-18H2. The minimum Gasteiger partial charge on any atom is -0.486 e. The second-order valence-electron chi connectivity index (χ2n) is 9.40. The summed E-state index contributed by atoms with van der Waals surface area (Å²) >= 11 is 0. The fourth-order valence-electron chi connectivity index (χ4n) is 5.08. The van der Waals surface area contributed by atoms with Crippen LogP contribution < -0.4 is 10.2 Å². The average Bonchev–Trinajstić information content (AvgIpc) is 2.90. The number of hydrogen-bond donors (Lipinski definition) is 0. The van der Waals surface area contributed by atoms with Crippen molar-refractivity contribution in [1.82, 2.24) is 0 Å². The van der Waals surface area contributed by atoms with Gasteiger partial charge in [-0.1, -0.05) is 79.9 Å². The number of benzene rings is 3. The molecule has 0 radical (unpaired) electrons. The van der Waals surface area contributed by atoms with Gasteiger partial charge in [0.1, 0.15) is 23.2 Å².